The zero-order valence-electron chi connectivity index (χ0n) is 11.7. The molecule has 3 nitrogen and oxygen atoms in total. The van der Waals surface area contributed by atoms with Gasteiger partial charge in [0.15, 0.2) is 11.5 Å². The van der Waals surface area contributed by atoms with Crippen molar-refractivity contribution < 1.29 is 9.47 Å². The van der Waals surface area contributed by atoms with E-state index in [1.165, 1.54) is 0 Å². The maximum absolute atomic E-state index is 6.05. The first-order valence-electron chi connectivity index (χ1n) is 6.05. The molecular formula is C14H22BrNO2. The number of halogens is 1. The molecule has 0 aliphatic carbocycles. The van der Waals surface area contributed by atoms with E-state index in [0.717, 1.165) is 28.0 Å². The number of nitrogens with two attached hydrogens (primary N) is 1. The maximum atomic E-state index is 6.05. The van der Waals surface area contributed by atoms with Gasteiger partial charge in [0.1, 0.15) is 0 Å². The Bertz CT molecular complexity index is 411. The molecule has 1 rings (SSSR count). The quantitative estimate of drug-likeness (QED) is 0.904. The van der Waals surface area contributed by atoms with Gasteiger partial charge >= 0.3 is 0 Å². The summed E-state index contributed by atoms with van der Waals surface area (Å²) in [5.74, 6) is 1.49. The van der Waals surface area contributed by atoms with Crippen LogP contribution in [0.3, 0.4) is 0 Å². The van der Waals surface area contributed by atoms with Crippen molar-refractivity contribution in [2.24, 2.45) is 5.73 Å². The predicted octanol–water partition coefficient (Wildman–Crippen LogP) is 3.52. The molecule has 0 bridgehead atoms. The summed E-state index contributed by atoms with van der Waals surface area (Å²) in [7, 11) is 1.65. The van der Waals surface area contributed by atoms with Gasteiger partial charge < -0.3 is 15.2 Å². The standard InChI is InChI=1S/C14H22BrNO2/c1-9(2)18-13-7-11(15)10(6-12(13)17-5)8-14(3,4)16/h6-7,9H,8,16H2,1-5H3. The highest BCUT2D eigenvalue weighted by Crippen LogP contribution is 2.35. The second-order valence-corrected chi connectivity index (χ2v) is 6.28. The molecule has 0 unspecified atom stereocenters. The highest BCUT2D eigenvalue weighted by atomic mass is 79.9. The molecule has 0 aromatic heterocycles. The fourth-order valence-electron chi connectivity index (χ4n) is 1.71. The lowest BCUT2D eigenvalue weighted by Gasteiger charge is -2.21. The Morgan fingerprint density at radius 2 is 1.89 bits per heavy atom. The highest BCUT2D eigenvalue weighted by Gasteiger charge is 2.17. The highest BCUT2D eigenvalue weighted by molar-refractivity contribution is 9.10. The monoisotopic (exact) mass is 315 g/mol. The van der Waals surface area contributed by atoms with Crippen molar-refractivity contribution in [2.45, 2.75) is 45.8 Å². The minimum Gasteiger partial charge on any atom is -0.493 e. The van der Waals surface area contributed by atoms with Gasteiger partial charge in [-0.05, 0) is 51.8 Å². The van der Waals surface area contributed by atoms with Crippen LogP contribution in [0.25, 0.3) is 0 Å². The third kappa shape index (κ3) is 4.50. The Morgan fingerprint density at radius 1 is 1.28 bits per heavy atom. The van der Waals surface area contributed by atoms with Crippen LogP contribution in [0.15, 0.2) is 16.6 Å². The van der Waals surface area contributed by atoms with Crippen molar-refractivity contribution >= 4 is 15.9 Å². The van der Waals surface area contributed by atoms with Gasteiger partial charge in [-0.2, -0.15) is 0 Å². The van der Waals surface area contributed by atoms with Crippen LogP contribution >= 0.6 is 15.9 Å². The lowest BCUT2D eigenvalue weighted by Crippen LogP contribution is -2.34. The van der Waals surface area contributed by atoms with Crippen LogP contribution in [0, 0.1) is 0 Å². The molecule has 0 saturated heterocycles. The fraction of sp³-hybridized carbons (Fsp3) is 0.571. The zero-order valence-corrected chi connectivity index (χ0v) is 13.3. The van der Waals surface area contributed by atoms with Crippen LogP contribution in [-0.2, 0) is 6.42 Å². The molecule has 0 saturated carbocycles. The van der Waals surface area contributed by atoms with Crippen molar-refractivity contribution in [1.29, 1.82) is 0 Å². The van der Waals surface area contributed by atoms with E-state index in [0.29, 0.717) is 0 Å². The Balaban J connectivity index is 3.10. The van der Waals surface area contributed by atoms with Crippen LogP contribution < -0.4 is 15.2 Å². The number of methoxy groups -OCH3 is 1. The summed E-state index contributed by atoms with van der Waals surface area (Å²) in [4.78, 5) is 0. The maximum Gasteiger partial charge on any atom is 0.162 e. The average molecular weight is 316 g/mol. The van der Waals surface area contributed by atoms with Gasteiger partial charge in [-0.1, -0.05) is 15.9 Å². The number of benzene rings is 1. The molecule has 0 amide bonds. The Labute approximate surface area is 118 Å². The molecule has 0 aliphatic heterocycles. The lowest BCUT2D eigenvalue weighted by atomic mass is 9.96. The minimum atomic E-state index is -0.256. The largest absolute Gasteiger partial charge is 0.493 e. The zero-order chi connectivity index (χ0) is 13.9. The molecule has 0 aliphatic rings. The summed E-state index contributed by atoms with van der Waals surface area (Å²) in [6.45, 7) is 7.99. The van der Waals surface area contributed by atoms with Crippen molar-refractivity contribution in [3.8, 4) is 11.5 Å². The molecule has 102 valence electrons. The summed E-state index contributed by atoms with van der Waals surface area (Å²) in [6.07, 6.45) is 0.883. The van der Waals surface area contributed by atoms with Gasteiger partial charge in [-0.15, -0.1) is 0 Å². The van der Waals surface area contributed by atoms with E-state index in [1.807, 2.05) is 39.8 Å². The Kier molecular flexibility index (Phi) is 5.05. The third-order valence-electron chi connectivity index (χ3n) is 2.34. The van der Waals surface area contributed by atoms with E-state index < -0.39 is 0 Å². The number of hydrogen-bond donors (Lipinski definition) is 1. The molecule has 0 radical (unpaired) electrons. The van der Waals surface area contributed by atoms with Crippen molar-refractivity contribution in [1.82, 2.24) is 0 Å². The fourth-order valence-corrected chi connectivity index (χ4v) is 2.17. The van der Waals surface area contributed by atoms with E-state index in [9.17, 15) is 0 Å². The van der Waals surface area contributed by atoms with Crippen LogP contribution in [0.4, 0.5) is 0 Å². The van der Waals surface area contributed by atoms with Crippen LogP contribution in [0.1, 0.15) is 33.3 Å². The van der Waals surface area contributed by atoms with E-state index in [1.54, 1.807) is 7.11 Å². The normalized spacial score (nSPS) is 11.8. The van der Waals surface area contributed by atoms with Gasteiger partial charge in [0.2, 0.25) is 0 Å². The van der Waals surface area contributed by atoms with E-state index in [4.69, 9.17) is 15.2 Å². The summed E-state index contributed by atoms with van der Waals surface area (Å²) < 4.78 is 12.1. The molecular weight excluding hydrogens is 294 g/mol. The second kappa shape index (κ2) is 5.93. The molecule has 18 heavy (non-hydrogen) atoms. The molecule has 0 atom stereocenters. The van der Waals surface area contributed by atoms with Crippen molar-refractivity contribution in [2.75, 3.05) is 7.11 Å². The number of rotatable bonds is 5. The number of ether oxygens (including phenoxy) is 2. The molecule has 0 spiro atoms. The van der Waals surface area contributed by atoms with Crippen molar-refractivity contribution in [3.05, 3.63) is 22.2 Å². The van der Waals surface area contributed by atoms with Gasteiger partial charge in [0.25, 0.3) is 0 Å². The van der Waals surface area contributed by atoms with E-state index >= 15 is 0 Å². The molecule has 2 N–H and O–H groups in total. The van der Waals surface area contributed by atoms with Gasteiger partial charge in [0.05, 0.1) is 13.2 Å². The van der Waals surface area contributed by atoms with E-state index in [-0.39, 0.29) is 11.6 Å². The number of hydrogen-bond acceptors (Lipinski definition) is 3. The lowest BCUT2D eigenvalue weighted by molar-refractivity contribution is 0.230. The molecule has 4 heteroatoms. The summed E-state index contributed by atoms with van der Waals surface area (Å²) in [5.41, 5.74) is 6.92. The predicted molar refractivity (Wildman–Crippen MR) is 78.4 cm³/mol. The first-order chi connectivity index (χ1) is 8.23. The molecule has 1 aromatic carbocycles. The minimum absolute atomic E-state index is 0.114. The van der Waals surface area contributed by atoms with Crippen LogP contribution in [0.2, 0.25) is 0 Å². The first kappa shape index (κ1) is 15.3. The Hall–Kier alpha value is -0.740. The van der Waals surface area contributed by atoms with Crippen molar-refractivity contribution in [3.63, 3.8) is 0 Å². The van der Waals surface area contributed by atoms with Gasteiger partial charge in [0, 0.05) is 10.0 Å². The average Bonchev–Trinajstić information content (AvgIpc) is 2.19. The third-order valence-corrected chi connectivity index (χ3v) is 3.08. The Morgan fingerprint density at radius 3 is 2.33 bits per heavy atom. The first-order valence-corrected chi connectivity index (χ1v) is 6.84. The molecule has 0 heterocycles. The van der Waals surface area contributed by atoms with Gasteiger partial charge in [-0.25, -0.2) is 0 Å². The molecule has 0 fully saturated rings. The van der Waals surface area contributed by atoms with Crippen LogP contribution in [-0.4, -0.2) is 18.8 Å². The topological polar surface area (TPSA) is 44.5 Å². The second-order valence-electron chi connectivity index (χ2n) is 5.43. The van der Waals surface area contributed by atoms with E-state index in [2.05, 4.69) is 15.9 Å². The SMILES string of the molecule is COc1cc(CC(C)(C)N)c(Br)cc1OC(C)C. The molecule has 1 aromatic rings. The van der Waals surface area contributed by atoms with Crippen LogP contribution in [0.5, 0.6) is 11.5 Å². The smallest absolute Gasteiger partial charge is 0.162 e. The summed E-state index contributed by atoms with van der Waals surface area (Å²) in [5, 5.41) is 0. The summed E-state index contributed by atoms with van der Waals surface area (Å²) >= 11 is 3.56. The van der Waals surface area contributed by atoms with Gasteiger partial charge in [-0.3, -0.25) is 0 Å². The summed E-state index contributed by atoms with van der Waals surface area (Å²) in [6, 6.07) is 3.93.